The molecular formula is C15H19FN2O2. The molecule has 1 saturated heterocycles. The third-order valence-electron chi connectivity index (χ3n) is 3.82. The first-order valence-electron chi connectivity index (χ1n) is 6.91. The zero-order valence-electron chi connectivity index (χ0n) is 11.8. The van der Waals surface area contributed by atoms with Crippen LogP contribution in [-0.4, -0.2) is 29.3 Å². The monoisotopic (exact) mass is 278 g/mol. The number of benzene rings is 1. The molecule has 1 aromatic carbocycles. The van der Waals surface area contributed by atoms with E-state index in [-0.39, 0.29) is 6.04 Å². The van der Waals surface area contributed by atoms with Crippen molar-refractivity contribution in [3.63, 3.8) is 0 Å². The number of halogens is 1. The van der Waals surface area contributed by atoms with Crippen molar-refractivity contribution in [2.24, 2.45) is 0 Å². The van der Waals surface area contributed by atoms with E-state index < -0.39 is 17.6 Å². The molecule has 0 spiro atoms. The molecule has 0 saturated carbocycles. The number of rotatable bonds is 2. The number of nitrogens with zero attached hydrogens (tertiary/aromatic N) is 1. The molecule has 20 heavy (non-hydrogen) atoms. The minimum Gasteiger partial charge on any atom is -0.331 e. The van der Waals surface area contributed by atoms with E-state index in [4.69, 9.17) is 0 Å². The van der Waals surface area contributed by atoms with Crippen molar-refractivity contribution in [3.05, 3.63) is 29.6 Å². The van der Waals surface area contributed by atoms with Gasteiger partial charge in [-0.3, -0.25) is 9.59 Å². The van der Waals surface area contributed by atoms with Gasteiger partial charge in [-0.15, -0.1) is 0 Å². The Morgan fingerprint density at radius 2 is 2.20 bits per heavy atom. The number of nitrogens with one attached hydrogen (secondary N) is 1. The van der Waals surface area contributed by atoms with E-state index in [9.17, 15) is 14.0 Å². The standard InChI is InChI=1S/C15H19FN2O2/c1-3-11-6-5-9-18(11)15(20)14(19)17-13-8-4-7-12(16)10(13)2/h4,7-8,11H,3,5-6,9H2,1-2H3,(H,17,19)/t11-/m1/s1. The van der Waals surface area contributed by atoms with Gasteiger partial charge >= 0.3 is 11.8 Å². The van der Waals surface area contributed by atoms with Crippen molar-refractivity contribution in [2.75, 3.05) is 11.9 Å². The van der Waals surface area contributed by atoms with Gasteiger partial charge in [0.25, 0.3) is 0 Å². The Bertz CT molecular complexity index is 531. The number of carbonyl (C=O) groups excluding carboxylic acids is 2. The minimum atomic E-state index is -0.695. The molecule has 1 N–H and O–H groups in total. The summed E-state index contributed by atoms with van der Waals surface area (Å²) < 4.78 is 13.4. The lowest BCUT2D eigenvalue weighted by molar-refractivity contribution is -0.143. The fourth-order valence-electron chi connectivity index (χ4n) is 2.58. The zero-order chi connectivity index (χ0) is 14.7. The van der Waals surface area contributed by atoms with Gasteiger partial charge in [0.15, 0.2) is 0 Å². The molecule has 2 amide bonds. The van der Waals surface area contributed by atoms with Gasteiger partial charge in [0, 0.05) is 23.8 Å². The van der Waals surface area contributed by atoms with E-state index in [1.54, 1.807) is 17.9 Å². The van der Waals surface area contributed by atoms with Crippen LogP contribution in [-0.2, 0) is 9.59 Å². The van der Waals surface area contributed by atoms with Crippen LogP contribution in [0.5, 0.6) is 0 Å². The fourth-order valence-corrected chi connectivity index (χ4v) is 2.58. The highest BCUT2D eigenvalue weighted by Gasteiger charge is 2.31. The molecule has 5 heteroatoms. The summed E-state index contributed by atoms with van der Waals surface area (Å²) in [6, 6.07) is 4.56. The summed E-state index contributed by atoms with van der Waals surface area (Å²) in [6.07, 6.45) is 2.71. The zero-order valence-corrected chi connectivity index (χ0v) is 11.8. The van der Waals surface area contributed by atoms with Crippen LogP contribution in [0.15, 0.2) is 18.2 Å². The topological polar surface area (TPSA) is 49.4 Å². The third-order valence-corrected chi connectivity index (χ3v) is 3.82. The summed E-state index contributed by atoms with van der Waals surface area (Å²) >= 11 is 0. The van der Waals surface area contributed by atoms with E-state index in [1.165, 1.54) is 12.1 Å². The molecule has 1 aromatic rings. The highest BCUT2D eigenvalue weighted by Crippen LogP contribution is 2.21. The van der Waals surface area contributed by atoms with E-state index in [1.807, 2.05) is 6.92 Å². The summed E-state index contributed by atoms with van der Waals surface area (Å²) in [5.74, 6) is -1.63. The summed E-state index contributed by atoms with van der Waals surface area (Å²) in [4.78, 5) is 25.8. The Hall–Kier alpha value is -1.91. The molecular weight excluding hydrogens is 259 g/mol. The fraction of sp³-hybridized carbons (Fsp3) is 0.467. The molecule has 1 atom stereocenters. The minimum absolute atomic E-state index is 0.141. The maximum absolute atomic E-state index is 13.4. The number of amides is 2. The molecule has 1 fully saturated rings. The Labute approximate surface area is 118 Å². The summed E-state index contributed by atoms with van der Waals surface area (Å²) in [5, 5.41) is 2.50. The van der Waals surface area contributed by atoms with Gasteiger partial charge in [0.1, 0.15) is 5.82 Å². The van der Waals surface area contributed by atoms with Gasteiger partial charge in [0.05, 0.1) is 0 Å². The van der Waals surface area contributed by atoms with Crippen molar-refractivity contribution in [2.45, 2.75) is 39.2 Å². The lowest BCUT2D eigenvalue weighted by Gasteiger charge is -2.23. The van der Waals surface area contributed by atoms with Gasteiger partial charge in [-0.25, -0.2) is 4.39 Å². The molecule has 0 aliphatic carbocycles. The predicted molar refractivity (Wildman–Crippen MR) is 74.8 cm³/mol. The first kappa shape index (κ1) is 14.5. The average Bonchev–Trinajstić information content (AvgIpc) is 2.91. The second kappa shape index (κ2) is 6.03. The van der Waals surface area contributed by atoms with Crippen LogP contribution in [0.25, 0.3) is 0 Å². The highest BCUT2D eigenvalue weighted by atomic mass is 19.1. The van der Waals surface area contributed by atoms with Gasteiger partial charge < -0.3 is 10.2 Å². The van der Waals surface area contributed by atoms with Gasteiger partial charge in [-0.2, -0.15) is 0 Å². The first-order chi connectivity index (χ1) is 9.54. The Morgan fingerprint density at radius 3 is 2.90 bits per heavy atom. The highest BCUT2D eigenvalue weighted by molar-refractivity contribution is 6.39. The van der Waals surface area contributed by atoms with E-state index in [0.717, 1.165) is 19.3 Å². The van der Waals surface area contributed by atoms with Crippen LogP contribution in [0.2, 0.25) is 0 Å². The molecule has 108 valence electrons. The lowest BCUT2D eigenvalue weighted by Crippen LogP contribution is -2.42. The smallest absolute Gasteiger partial charge is 0.313 e. The first-order valence-corrected chi connectivity index (χ1v) is 6.91. The molecule has 0 bridgehead atoms. The molecule has 0 radical (unpaired) electrons. The normalized spacial score (nSPS) is 18.1. The molecule has 1 aliphatic rings. The molecule has 1 heterocycles. The molecule has 1 aliphatic heterocycles. The molecule has 4 nitrogen and oxygen atoms in total. The Balaban J connectivity index is 2.08. The van der Waals surface area contributed by atoms with Gasteiger partial charge in [0.2, 0.25) is 0 Å². The maximum Gasteiger partial charge on any atom is 0.313 e. The SMILES string of the molecule is CC[C@@H]1CCCN1C(=O)C(=O)Nc1cccc(F)c1C. The number of hydrogen-bond acceptors (Lipinski definition) is 2. The third kappa shape index (κ3) is 2.81. The van der Waals surface area contributed by atoms with E-state index >= 15 is 0 Å². The van der Waals surface area contributed by atoms with Gasteiger partial charge in [-0.1, -0.05) is 13.0 Å². The van der Waals surface area contributed by atoms with Crippen LogP contribution < -0.4 is 5.32 Å². The molecule has 2 rings (SSSR count). The van der Waals surface area contributed by atoms with Crippen molar-refractivity contribution in [1.29, 1.82) is 0 Å². The van der Waals surface area contributed by atoms with Crippen molar-refractivity contribution in [1.82, 2.24) is 4.90 Å². The Morgan fingerprint density at radius 1 is 1.45 bits per heavy atom. The maximum atomic E-state index is 13.4. The van der Waals surface area contributed by atoms with Gasteiger partial charge in [-0.05, 0) is 38.3 Å². The lowest BCUT2D eigenvalue weighted by atomic mass is 10.1. The number of carbonyl (C=O) groups is 2. The number of anilines is 1. The van der Waals surface area contributed by atoms with Crippen molar-refractivity contribution in [3.8, 4) is 0 Å². The van der Waals surface area contributed by atoms with Crippen LogP contribution in [0, 0.1) is 12.7 Å². The number of hydrogen-bond donors (Lipinski definition) is 1. The summed E-state index contributed by atoms with van der Waals surface area (Å²) in [7, 11) is 0. The number of likely N-dealkylation sites (tertiary alicyclic amines) is 1. The van der Waals surface area contributed by atoms with Crippen LogP contribution in [0.1, 0.15) is 31.7 Å². The van der Waals surface area contributed by atoms with E-state index in [2.05, 4.69) is 5.32 Å². The van der Waals surface area contributed by atoms with Crippen LogP contribution in [0.3, 0.4) is 0 Å². The second-order valence-electron chi connectivity index (χ2n) is 5.07. The predicted octanol–water partition coefficient (Wildman–Crippen LogP) is 2.47. The molecule has 0 unspecified atom stereocenters. The van der Waals surface area contributed by atoms with Crippen molar-refractivity contribution < 1.29 is 14.0 Å². The average molecular weight is 278 g/mol. The quantitative estimate of drug-likeness (QED) is 0.845. The second-order valence-corrected chi connectivity index (χ2v) is 5.07. The summed E-state index contributed by atoms with van der Waals surface area (Å²) in [6.45, 7) is 4.19. The summed E-state index contributed by atoms with van der Waals surface area (Å²) in [5.41, 5.74) is 0.678. The van der Waals surface area contributed by atoms with Crippen LogP contribution >= 0.6 is 0 Å². The van der Waals surface area contributed by atoms with Crippen molar-refractivity contribution >= 4 is 17.5 Å². The van der Waals surface area contributed by atoms with E-state index in [0.29, 0.717) is 17.8 Å². The largest absolute Gasteiger partial charge is 0.331 e. The van der Waals surface area contributed by atoms with Crippen LogP contribution in [0.4, 0.5) is 10.1 Å². The molecule has 0 aromatic heterocycles. The Kier molecular flexibility index (Phi) is 4.37.